The van der Waals surface area contributed by atoms with Gasteiger partial charge in [-0.25, -0.2) is 8.42 Å². The van der Waals surface area contributed by atoms with Gasteiger partial charge in [-0.15, -0.1) is 0 Å². The Labute approximate surface area is 92.3 Å². The van der Waals surface area contributed by atoms with Crippen molar-refractivity contribution in [3.05, 3.63) is 0 Å². The first-order valence-electron chi connectivity index (χ1n) is 5.78. The largest absolute Gasteiger partial charge is 0.297 e. The lowest BCUT2D eigenvalue weighted by Gasteiger charge is -2.41. The van der Waals surface area contributed by atoms with Crippen LogP contribution in [-0.4, -0.2) is 55.1 Å². The highest BCUT2D eigenvalue weighted by Gasteiger charge is 2.38. The van der Waals surface area contributed by atoms with Crippen LogP contribution >= 0.6 is 0 Å². The summed E-state index contributed by atoms with van der Waals surface area (Å²) in [5.74, 6) is 0.226. The lowest BCUT2D eigenvalue weighted by atomic mass is 10.1. The maximum Gasteiger partial charge on any atom is 0.214 e. The highest BCUT2D eigenvalue weighted by atomic mass is 32.2. The highest BCUT2D eigenvalue weighted by Crippen LogP contribution is 2.26. The van der Waals surface area contributed by atoms with Crippen molar-refractivity contribution in [2.24, 2.45) is 0 Å². The number of hydrogen-bond acceptors (Lipinski definition) is 3. The number of piperazine rings is 1. The molecule has 2 rings (SSSR count). The molecule has 0 aromatic rings. The van der Waals surface area contributed by atoms with Gasteiger partial charge in [0, 0.05) is 25.2 Å². The first kappa shape index (κ1) is 11.4. The maximum absolute atomic E-state index is 11.9. The fourth-order valence-electron chi connectivity index (χ4n) is 2.71. The summed E-state index contributed by atoms with van der Waals surface area (Å²) in [6.45, 7) is 6.50. The molecule has 2 fully saturated rings. The molecule has 15 heavy (non-hydrogen) atoms. The topological polar surface area (TPSA) is 40.6 Å². The van der Waals surface area contributed by atoms with Gasteiger partial charge in [0.25, 0.3) is 0 Å². The summed E-state index contributed by atoms with van der Waals surface area (Å²) in [7, 11) is -3.00. The number of sulfonamides is 1. The standard InChI is InChI=1S/C10H20N2O2S/c1-3-15(13,14)12-8-10-5-4-6-11(10)7-9(12)2/h9-10H,3-8H2,1-2H3. The minimum absolute atomic E-state index is 0.143. The highest BCUT2D eigenvalue weighted by molar-refractivity contribution is 7.89. The molecular weight excluding hydrogens is 212 g/mol. The van der Waals surface area contributed by atoms with Gasteiger partial charge in [0.15, 0.2) is 0 Å². The number of fused-ring (bicyclic) bond motifs is 1. The van der Waals surface area contributed by atoms with Crippen LogP contribution in [0, 0.1) is 0 Å². The predicted molar refractivity (Wildman–Crippen MR) is 60.2 cm³/mol. The van der Waals surface area contributed by atoms with E-state index in [1.807, 2.05) is 6.92 Å². The Bertz CT molecular complexity index is 328. The van der Waals surface area contributed by atoms with E-state index in [2.05, 4.69) is 4.90 Å². The molecule has 5 heteroatoms. The summed E-state index contributed by atoms with van der Waals surface area (Å²) in [5, 5.41) is 0. The molecule has 0 N–H and O–H groups in total. The molecule has 0 radical (unpaired) electrons. The second-order valence-electron chi connectivity index (χ2n) is 4.61. The zero-order chi connectivity index (χ0) is 11.1. The predicted octanol–water partition coefficient (Wildman–Crippen LogP) is 0.505. The van der Waals surface area contributed by atoms with Gasteiger partial charge in [0.1, 0.15) is 0 Å². The van der Waals surface area contributed by atoms with Gasteiger partial charge in [-0.2, -0.15) is 4.31 Å². The summed E-state index contributed by atoms with van der Waals surface area (Å²) in [6.07, 6.45) is 2.37. The van der Waals surface area contributed by atoms with E-state index >= 15 is 0 Å². The molecule has 2 atom stereocenters. The molecule has 0 bridgehead atoms. The SMILES string of the molecule is CCS(=O)(=O)N1CC2CCCN2CC1C. The van der Waals surface area contributed by atoms with Crippen molar-refractivity contribution >= 4 is 10.0 Å². The van der Waals surface area contributed by atoms with Crippen LogP contribution in [0.5, 0.6) is 0 Å². The third kappa shape index (κ3) is 2.05. The Morgan fingerprint density at radius 3 is 2.73 bits per heavy atom. The molecule has 2 aliphatic rings. The first-order valence-corrected chi connectivity index (χ1v) is 7.39. The van der Waals surface area contributed by atoms with E-state index in [1.54, 1.807) is 11.2 Å². The van der Waals surface area contributed by atoms with Gasteiger partial charge >= 0.3 is 0 Å². The fourth-order valence-corrected chi connectivity index (χ4v) is 4.06. The zero-order valence-corrected chi connectivity index (χ0v) is 10.3. The lowest BCUT2D eigenvalue weighted by Crippen LogP contribution is -2.56. The molecule has 0 aliphatic carbocycles. The van der Waals surface area contributed by atoms with Crippen molar-refractivity contribution < 1.29 is 8.42 Å². The van der Waals surface area contributed by atoms with Crippen molar-refractivity contribution in [3.8, 4) is 0 Å². The molecule has 2 unspecified atom stereocenters. The minimum Gasteiger partial charge on any atom is -0.297 e. The van der Waals surface area contributed by atoms with Gasteiger partial charge in [0.05, 0.1) is 5.75 Å². The van der Waals surface area contributed by atoms with Crippen LogP contribution in [-0.2, 0) is 10.0 Å². The second kappa shape index (κ2) is 4.03. The Morgan fingerprint density at radius 1 is 1.33 bits per heavy atom. The number of rotatable bonds is 2. The van der Waals surface area contributed by atoms with E-state index in [0.717, 1.165) is 19.5 Å². The Morgan fingerprint density at radius 2 is 2.07 bits per heavy atom. The van der Waals surface area contributed by atoms with Crippen molar-refractivity contribution in [1.82, 2.24) is 9.21 Å². The quantitative estimate of drug-likeness (QED) is 0.696. The van der Waals surface area contributed by atoms with E-state index in [0.29, 0.717) is 12.6 Å². The van der Waals surface area contributed by atoms with E-state index in [1.165, 1.54) is 6.42 Å². The third-order valence-corrected chi connectivity index (χ3v) is 5.56. The third-order valence-electron chi connectivity index (χ3n) is 3.60. The van der Waals surface area contributed by atoms with Crippen LogP contribution in [0.1, 0.15) is 26.7 Å². The normalized spacial score (nSPS) is 34.3. The first-order chi connectivity index (χ1) is 7.04. The zero-order valence-electron chi connectivity index (χ0n) is 9.52. The molecule has 2 heterocycles. The molecule has 0 aromatic carbocycles. The fraction of sp³-hybridized carbons (Fsp3) is 1.00. The molecule has 4 nitrogen and oxygen atoms in total. The van der Waals surface area contributed by atoms with Gasteiger partial charge in [-0.3, -0.25) is 4.90 Å². The van der Waals surface area contributed by atoms with Gasteiger partial charge in [0.2, 0.25) is 10.0 Å². The maximum atomic E-state index is 11.9. The van der Waals surface area contributed by atoms with Crippen molar-refractivity contribution in [2.45, 2.75) is 38.8 Å². The molecule has 0 amide bonds. The van der Waals surface area contributed by atoms with Crippen molar-refractivity contribution in [2.75, 3.05) is 25.4 Å². The van der Waals surface area contributed by atoms with E-state index in [-0.39, 0.29) is 11.8 Å². The van der Waals surface area contributed by atoms with Crippen LogP contribution in [0.25, 0.3) is 0 Å². The van der Waals surface area contributed by atoms with E-state index in [9.17, 15) is 8.42 Å². The summed E-state index contributed by atoms with van der Waals surface area (Å²) in [4.78, 5) is 2.44. The van der Waals surface area contributed by atoms with Crippen molar-refractivity contribution in [1.29, 1.82) is 0 Å². The monoisotopic (exact) mass is 232 g/mol. The molecule has 2 saturated heterocycles. The van der Waals surface area contributed by atoms with Gasteiger partial charge < -0.3 is 0 Å². The Kier molecular flexibility index (Phi) is 3.05. The Balaban J connectivity index is 2.14. The smallest absolute Gasteiger partial charge is 0.214 e. The minimum atomic E-state index is -3.00. The summed E-state index contributed by atoms with van der Waals surface area (Å²) >= 11 is 0. The van der Waals surface area contributed by atoms with Crippen LogP contribution in [0.3, 0.4) is 0 Å². The van der Waals surface area contributed by atoms with Crippen LogP contribution in [0.2, 0.25) is 0 Å². The molecule has 88 valence electrons. The second-order valence-corrected chi connectivity index (χ2v) is 6.82. The summed E-state index contributed by atoms with van der Waals surface area (Å²) < 4.78 is 25.4. The summed E-state index contributed by atoms with van der Waals surface area (Å²) in [6, 6.07) is 0.617. The molecular formula is C10H20N2O2S. The Hall–Kier alpha value is -0.130. The molecule has 0 saturated carbocycles. The lowest BCUT2D eigenvalue weighted by molar-refractivity contribution is 0.117. The average Bonchev–Trinajstić information content (AvgIpc) is 2.63. The van der Waals surface area contributed by atoms with Gasteiger partial charge in [-0.1, -0.05) is 0 Å². The van der Waals surface area contributed by atoms with Gasteiger partial charge in [-0.05, 0) is 33.2 Å². The number of hydrogen-bond donors (Lipinski definition) is 0. The average molecular weight is 232 g/mol. The summed E-state index contributed by atoms with van der Waals surface area (Å²) in [5.41, 5.74) is 0. The van der Waals surface area contributed by atoms with Crippen LogP contribution in [0.15, 0.2) is 0 Å². The van der Waals surface area contributed by atoms with Crippen molar-refractivity contribution in [3.63, 3.8) is 0 Å². The van der Waals surface area contributed by atoms with Crippen LogP contribution in [0.4, 0.5) is 0 Å². The van der Waals surface area contributed by atoms with E-state index in [4.69, 9.17) is 0 Å². The molecule has 2 aliphatic heterocycles. The molecule has 0 spiro atoms. The number of nitrogens with zero attached hydrogens (tertiary/aromatic N) is 2. The van der Waals surface area contributed by atoms with Crippen LogP contribution < -0.4 is 0 Å². The van der Waals surface area contributed by atoms with E-state index < -0.39 is 10.0 Å². The molecule has 0 aromatic heterocycles.